The van der Waals surface area contributed by atoms with Gasteiger partial charge in [-0.05, 0) is 80.6 Å². The summed E-state index contributed by atoms with van der Waals surface area (Å²) >= 11 is 0. The molecule has 1 aliphatic rings. The quantitative estimate of drug-likeness (QED) is 0.427. The summed E-state index contributed by atoms with van der Waals surface area (Å²) in [5, 5.41) is 11.0. The number of rotatable bonds is 8. The SMILES string of the molecule is Cc1ccc(N2C(=O)C(O)=C(C(=O)CCc3ccccc3)C2c2cccc(OC(C)C)c2)cc1C. The Labute approximate surface area is 206 Å². The van der Waals surface area contributed by atoms with E-state index < -0.39 is 17.7 Å². The molecule has 1 atom stereocenters. The molecule has 1 unspecified atom stereocenters. The predicted molar refractivity (Wildman–Crippen MR) is 138 cm³/mol. The van der Waals surface area contributed by atoms with Gasteiger partial charge in [-0.2, -0.15) is 0 Å². The maximum atomic E-state index is 13.5. The number of hydrogen-bond donors (Lipinski definition) is 1. The number of carbonyl (C=O) groups excluding carboxylic acids is 2. The first kappa shape index (κ1) is 24.3. The van der Waals surface area contributed by atoms with Crippen LogP contribution in [0.1, 0.15) is 48.6 Å². The lowest BCUT2D eigenvalue weighted by molar-refractivity contribution is -0.118. The molecule has 0 saturated carbocycles. The molecule has 0 bridgehead atoms. The van der Waals surface area contributed by atoms with Gasteiger partial charge in [-0.3, -0.25) is 14.5 Å². The number of hydrogen-bond acceptors (Lipinski definition) is 4. The zero-order chi connectivity index (χ0) is 25.1. The topological polar surface area (TPSA) is 66.8 Å². The fourth-order valence-electron chi connectivity index (χ4n) is 4.41. The van der Waals surface area contributed by atoms with E-state index in [0.29, 0.717) is 23.4 Å². The van der Waals surface area contributed by atoms with Crippen LogP contribution in [-0.4, -0.2) is 22.9 Å². The van der Waals surface area contributed by atoms with Gasteiger partial charge in [-0.15, -0.1) is 0 Å². The highest BCUT2D eigenvalue weighted by molar-refractivity contribution is 6.16. The van der Waals surface area contributed by atoms with Gasteiger partial charge in [0.2, 0.25) is 0 Å². The Morgan fingerprint density at radius 2 is 1.71 bits per heavy atom. The van der Waals surface area contributed by atoms with Gasteiger partial charge in [-0.25, -0.2) is 0 Å². The number of ether oxygens (including phenoxy) is 1. The first-order chi connectivity index (χ1) is 16.8. The molecular weight excluding hydrogens is 438 g/mol. The summed E-state index contributed by atoms with van der Waals surface area (Å²) in [5.74, 6) is -0.656. The number of benzene rings is 3. The van der Waals surface area contributed by atoms with Gasteiger partial charge in [0.25, 0.3) is 5.91 Å². The second kappa shape index (κ2) is 10.2. The number of aliphatic hydroxyl groups is 1. The second-order valence-corrected chi connectivity index (χ2v) is 9.26. The van der Waals surface area contributed by atoms with Crippen molar-refractivity contribution in [2.75, 3.05) is 4.90 Å². The fraction of sp³-hybridized carbons (Fsp3) is 0.267. The van der Waals surface area contributed by atoms with Gasteiger partial charge in [-0.1, -0.05) is 48.5 Å². The van der Waals surface area contributed by atoms with Crippen LogP contribution in [0.4, 0.5) is 5.69 Å². The molecule has 1 N–H and O–H groups in total. The first-order valence-corrected chi connectivity index (χ1v) is 11.9. The minimum Gasteiger partial charge on any atom is -0.503 e. The van der Waals surface area contributed by atoms with Crippen molar-refractivity contribution in [3.8, 4) is 5.75 Å². The second-order valence-electron chi connectivity index (χ2n) is 9.26. The third kappa shape index (κ3) is 5.14. The van der Waals surface area contributed by atoms with Crippen molar-refractivity contribution in [1.82, 2.24) is 0 Å². The zero-order valence-corrected chi connectivity index (χ0v) is 20.6. The summed E-state index contributed by atoms with van der Waals surface area (Å²) < 4.78 is 5.88. The third-order valence-electron chi connectivity index (χ3n) is 6.31. The number of amides is 1. The maximum Gasteiger partial charge on any atom is 0.294 e. The smallest absolute Gasteiger partial charge is 0.294 e. The van der Waals surface area contributed by atoms with E-state index >= 15 is 0 Å². The molecule has 1 amide bonds. The average molecular weight is 470 g/mol. The molecule has 35 heavy (non-hydrogen) atoms. The zero-order valence-electron chi connectivity index (χ0n) is 20.6. The van der Waals surface area contributed by atoms with Crippen LogP contribution in [-0.2, 0) is 16.0 Å². The fourth-order valence-corrected chi connectivity index (χ4v) is 4.41. The van der Waals surface area contributed by atoms with Crippen molar-refractivity contribution < 1.29 is 19.4 Å². The van der Waals surface area contributed by atoms with E-state index in [1.807, 2.05) is 100 Å². The Hall–Kier alpha value is -3.86. The molecule has 3 aromatic carbocycles. The van der Waals surface area contributed by atoms with Crippen LogP contribution in [0.3, 0.4) is 0 Å². The standard InChI is InChI=1S/C30H31NO4/c1-19(2)35-25-12-8-11-23(18-25)28-27(26(32)16-14-22-9-6-5-7-10-22)29(33)30(34)31(28)24-15-13-20(3)21(4)17-24/h5-13,15,17-19,28,33H,14,16H2,1-4H3. The number of nitrogens with zero attached hydrogens (tertiary/aromatic N) is 1. The molecule has 5 heteroatoms. The highest BCUT2D eigenvalue weighted by atomic mass is 16.5. The van der Waals surface area contributed by atoms with Crippen molar-refractivity contribution in [2.24, 2.45) is 0 Å². The van der Waals surface area contributed by atoms with Crippen LogP contribution >= 0.6 is 0 Å². The summed E-state index contributed by atoms with van der Waals surface area (Å²) in [5.41, 5.74) is 4.62. The van der Waals surface area contributed by atoms with Crippen LogP contribution < -0.4 is 9.64 Å². The lowest BCUT2D eigenvalue weighted by Crippen LogP contribution is -2.31. The Bertz CT molecular complexity index is 1280. The molecule has 1 heterocycles. The molecular formula is C30H31NO4. The van der Waals surface area contributed by atoms with E-state index in [9.17, 15) is 14.7 Å². The monoisotopic (exact) mass is 469 g/mol. The molecule has 180 valence electrons. The Morgan fingerprint density at radius 3 is 2.40 bits per heavy atom. The highest BCUT2D eigenvalue weighted by Gasteiger charge is 2.44. The molecule has 1 aliphatic heterocycles. The molecule has 0 radical (unpaired) electrons. The molecule has 0 fully saturated rings. The highest BCUT2D eigenvalue weighted by Crippen LogP contribution is 2.42. The van der Waals surface area contributed by atoms with E-state index in [1.54, 1.807) is 0 Å². The number of aliphatic hydroxyl groups excluding tert-OH is 1. The lowest BCUT2D eigenvalue weighted by atomic mass is 9.92. The molecule has 4 rings (SSSR count). The Kier molecular flexibility index (Phi) is 7.06. The Balaban J connectivity index is 1.76. The van der Waals surface area contributed by atoms with Crippen LogP contribution in [0, 0.1) is 13.8 Å². The number of Topliss-reactive ketones (excluding diaryl/α,β-unsaturated/α-hetero) is 1. The van der Waals surface area contributed by atoms with E-state index in [4.69, 9.17) is 4.74 Å². The van der Waals surface area contributed by atoms with Crippen molar-refractivity contribution in [3.05, 3.63) is 106 Å². The lowest BCUT2D eigenvalue weighted by Gasteiger charge is -2.28. The summed E-state index contributed by atoms with van der Waals surface area (Å²) in [4.78, 5) is 28.4. The van der Waals surface area contributed by atoms with E-state index in [2.05, 4.69) is 0 Å². The maximum absolute atomic E-state index is 13.5. The van der Waals surface area contributed by atoms with Gasteiger partial charge in [0.1, 0.15) is 5.75 Å². The summed E-state index contributed by atoms with van der Waals surface area (Å²) in [6.45, 7) is 7.86. The third-order valence-corrected chi connectivity index (χ3v) is 6.31. The minimum atomic E-state index is -0.747. The predicted octanol–water partition coefficient (Wildman–Crippen LogP) is 6.19. The van der Waals surface area contributed by atoms with Crippen LogP contribution in [0.15, 0.2) is 84.1 Å². The van der Waals surface area contributed by atoms with Gasteiger partial charge in [0.05, 0.1) is 17.7 Å². The number of carbonyl (C=O) groups is 2. The number of anilines is 1. The van der Waals surface area contributed by atoms with Crippen LogP contribution in [0.25, 0.3) is 0 Å². The molecule has 3 aromatic rings. The molecule has 0 spiro atoms. The van der Waals surface area contributed by atoms with E-state index in [0.717, 1.165) is 16.7 Å². The van der Waals surface area contributed by atoms with Gasteiger partial charge in [0, 0.05) is 12.1 Å². The summed E-state index contributed by atoms with van der Waals surface area (Å²) in [6, 6.07) is 22.1. The number of aryl methyl sites for hydroxylation is 3. The van der Waals surface area contributed by atoms with Crippen LogP contribution in [0.2, 0.25) is 0 Å². The molecule has 0 aromatic heterocycles. The molecule has 5 nitrogen and oxygen atoms in total. The molecule has 0 saturated heterocycles. The van der Waals surface area contributed by atoms with Gasteiger partial charge in [0.15, 0.2) is 11.5 Å². The molecule has 0 aliphatic carbocycles. The van der Waals surface area contributed by atoms with Crippen molar-refractivity contribution in [1.29, 1.82) is 0 Å². The van der Waals surface area contributed by atoms with Crippen molar-refractivity contribution in [3.63, 3.8) is 0 Å². The van der Waals surface area contributed by atoms with Crippen molar-refractivity contribution in [2.45, 2.75) is 52.7 Å². The number of ketones is 1. The largest absolute Gasteiger partial charge is 0.503 e. The summed E-state index contributed by atoms with van der Waals surface area (Å²) in [6.07, 6.45) is 0.690. The van der Waals surface area contributed by atoms with E-state index in [1.165, 1.54) is 4.90 Å². The van der Waals surface area contributed by atoms with E-state index in [-0.39, 0.29) is 23.9 Å². The minimum absolute atomic E-state index is 0.0257. The van der Waals surface area contributed by atoms with Crippen LogP contribution in [0.5, 0.6) is 5.75 Å². The first-order valence-electron chi connectivity index (χ1n) is 11.9. The van der Waals surface area contributed by atoms with Gasteiger partial charge >= 0.3 is 0 Å². The van der Waals surface area contributed by atoms with Crippen molar-refractivity contribution >= 4 is 17.4 Å². The summed E-state index contributed by atoms with van der Waals surface area (Å²) in [7, 11) is 0. The normalized spacial score (nSPS) is 15.7. The van der Waals surface area contributed by atoms with Gasteiger partial charge < -0.3 is 9.84 Å². The Morgan fingerprint density at radius 1 is 0.971 bits per heavy atom. The average Bonchev–Trinajstić information content (AvgIpc) is 3.10.